The van der Waals surface area contributed by atoms with E-state index < -0.39 is 12.3 Å². The van der Waals surface area contributed by atoms with Gasteiger partial charge in [-0.25, -0.2) is 18.7 Å². The number of aliphatic hydroxyl groups is 2. The highest BCUT2D eigenvalue weighted by Crippen LogP contribution is 2.46. The fourth-order valence-corrected chi connectivity index (χ4v) is 12.7. The SMILES string of the molecule is COc1ccc2ncc(Cl)c([C@H](F)CCC3(CO)CCN(CCCCc4nccs4)CC3)c2c1.COc1ccc2ncc(Cl)c([C@H](F)CC[C@]3(CO)CCNC[C@H]3CCSc3nccs3)c2c1. The third-order valence-corrected chi connectivity index (χ3v) is 17.4. The molecule has 6 heterocycles. The molecule has 4 atom stereocenters. The van der Waals surface area contributed by atoms with Crippen LogP contribution in [0.5, 0.6) is 11.5 Å². The number of thiazole rings is 2. The van der Waals surface area contributed by atoms with E-state index in [2.05, 4.69) is 30.2 Å². The van der Waals surface area contributed by atoms with E-state index >= 15 is 8.78 Å². The maximum absolute atomic E-state index is 15.7. The van der Waals surface area contributed by atoms with Crippen molar-refractivity contribution in [3.8, 4) is 11.5 Å². The molecule has 17 heteroatoms. The number of piperidine rings is 2. The Morgan fingerprint density at radius 2 is 1.45 bits per heavy atom. The van der Waals surface area contributed by atoms with Crippen LogP contribution in [-0.2, 0) is 6.42 Å². The van der Waals surface area contributed by atoms with Crippen LogP contribution in [0.1, 0.15) is 92.7 Å². The summed E-state index contributed by atoms with van der Waals surface area (Å²) in [6, 6.07) is 10.9. The standard InChI is InChI=1S/C26H33ClFN3O2S.C24H29ClFN3O2S2/c1-33-19-5-6-23-20(16-19)25(21(27)17-30-23)22(28)7-8-26(18-32)9-13-31(14-10-26)12-3-2-4-24-29-11-15-34-24;1-31-17-2-3-21-18(12-17)22(19(25)14-29-21)20(26)4-6-24(15-30)7-8-27-13-16(24)5-10-32-23-28-9-11-33-23/h5-6,11,15-17,22,32H,2-4,7-10,12-14,18H2,1H3;2-3,9,11-12,14,16,20,27,30H,4-8,10,13,15H2,1H3/t22-;16-,20-,24-/m11/s1. The maximum Gasteiger partial charge on any atom is 0.149 e. The summed E-state index contributed by atoms with van der Waals surface area (Å²) in [6.45, 7) is 4.80. The number of hydrogen-bond donors (Lipinski definition) is 3. The summed E-state index contributed by atoms with van der Waals surface area (Å²) in [5, 5.41) is 31.4. The van der Waals surface area contributed by atoms with E-state index in [0.29, 0.717) is 80.2 Å². The number of pyridine rings is 2. The average Bonchev–Trinajstić information content (AvgIpc) is 4.10. The number of alkyl halides is 2. The number of nitrogens with zero attached hydrogens (tertiary/aromatic N) is 5. The molecule has 8 rings (SSSR count). The van der Waals surface area contributed by atoms with Gasteiger partial charge in [-0.15, -0.1) is 22.7 Å². The summed E-state index contributed by atoms with van der Waals surface area (Å²) in [6.07, 6.45) is 13.0. The van der Waals surface area contributed by atoms with E-state index in [1.165, 1.54) is 17.4 Å². The van der Waals surface area contributed by atoms with Crippen molar-refractivity contribution in [2.75, 3.05) is 65.9 Å². The normalized spacial score (nSPS) is 19.5. The summed E-state index contributed by atoms with van der Waals surface area (Å²) < 4.78 is 43.0. The molecule has 0 aliphatic carbocycles. The summed E-state index contributed by atoms with van der Waals surface area (Å²) in [5.74, 6) is 2.50. The predicted molar refractivity (Wildman–Crippen MR) is 271 cm³/mol. The number of aromatic nitrogens is 4. The van der Waals surface area contributed by atoms with Crippen LogP contribution < -0.4 is 14.8 Å². The van der Waals surface area contributed by atoms with Crippen LogP contribution in [0.15, 0.2) is 76.3 Å². The molecule has 0 saturated carbocycles. The summed E-state index contributed by atoms with van der Waals surface area (Å²) in [5.41, 5.74) is 1.78. The lowest BCUT2D eigenvalue weighted by molar-refractivity contribution is 0.0154. The Hall–Kier alpha value is -3.25. The first-order valence-electron chi connectivity index (χ1n) is 23.2. The van der Waals surface area contributed by atoms with E-state index in [0.717, 1.165) is 87.8 Å². The number of thioether (sulfide) groups is 1. The summed E-state index contributed by atoms with van der Waals surface area (Å²) in [7, 11) is 3.17. The number of ether oxygens (including phenoxy) is 2. The van der Waals surface area contributed by atoms with Gasteiger partial charge >= 0.3 is 0 Å². The first-order valence-corrected chi connectivity index (χ1v) is 26.7. The van der Waals surface area contributed by atoms with Gasteiger partial charge in [0.05, 0.1) is 40.3 Å². The molecule has 6 aromatic rings. The molecule has 0 radical (unpaired) electrons. The van der Waals surface area contributed by atoms with Gasteiger partial charge in [-0.1, -0.05) is 35.0 Å². The Kier molecular flexibility index (Phi) is 19.3. The van der Waals surface area contributed by atoms with Gasteiger partial charge in [-0.2, -0.15) is 0 Å². The van der Waals surface area contributed by atoms with Crippen LogP contribution in [0.4, 0.5) is 8.78 Å². The topological polar surface area (TPSA) is 126 Å². The van der Waals surface area contributed by atoms with E-state index in [1.807, 2.05) is 47.4 Å². The minimum absolute atomic E-state index is 0.0621. The van der Waals surface area contributed by atoms with Gasteiger partial charge in [-0.3, -0.25) is 9.97 Å². The molecule has 4 aromatic heterocycles. The second kappa shape index (κ2) is 25.0. The second-order valence-corrected chi connectivity index (χ2v) is 21.8. The number of aryl methyl sites for hydroxylation is 1. The number of methoxy groups -OCH3 is 2. The van der Waals surface area contributed by atoms with E-state index in [9.17, 15) is 10.2 Å². The number of halogens is 4. The molecule has 0 amide bonds. The molecule has 2 aromatic carbocycles. The molecule has 2 fully saturated rings. The van der Waals surface area contributed by atoms with Crippen molar-refractivity contribution in [1.29, 1.82) is 0 Å². The van der Waals surface area contributed by atoms with E-state index in [-0.39, 0.29) is 30.0 Å². The number of unbranched alkanes of at least 4 members (excludes halogenated alkanes) is 1. The molecular weight excluding hydrogens is 954 g/mol. The van der Waals surface area contributed by atoms with Gasteiger partial charge in [0.15, 0.2) is 0 Å². The lowest BCUT2D eigenvalue weighted by Crippen LogP contribution is -2.47. The molecule has 67 heavy (non-hydrogen) atoms. The highest BCUT2D eigenvalue weighted by molar-refractivity contribution is 8.01. The lowest BCUT2D eigenvalue weighted by Gasteiger charge is -2.44. The molecule has 2 saturated heterocycles. The average molecular weight is 1020 g/mol. The van der Waals surface area contributed by atoms with Crippen molar-refractivity contribution in [3.63, 3.8) is 0 Å². The smallest absolute Gasteiger partial charge is 0.149 e. The molecule has 2 aliphatic heterocycles. The Balaban J connectivity index is 0.000000199. The highest BCUT2D eigenvalue weighted by atomic mass is 35.5. The summed E-state index contributed by atoms with van der Waals surface area (Å²) in [4.78, 5) is 19.8. The molecule has 362 valence electrons. The van der Waals surface area contributed by atoms with Crippen LogP contribution in [0.3, 0.4) is 0 Å². The van der Waals surface area contributed by atoms with Crippen LogP contribution in [0, 0.1) is 16.7 Å². The van der Waals surface area contributed by atoms with Crippen molar-refractivity contribution in [3.05, 3.63) is 98.1 Å². The second-order valence-electron chi connectivity index (χ2n) is 17.8. The Bertz CT molecular complexity index is 2450. The molecule has 3 N–H and O–H groups in total. The molecule has 10 nitrogen and oxygen atoms in total. The monoisotopic (exact) mass is 1010 g/mol. The predicted octanol–water partition coefficient (Wildman–Crippen LogP) is 12.2. The van der Waals surface area contributed by atoms with Gasteiger partial charge in [-0.05, 0) is 156 Å². The summed E-state index contributed by atoms with van der Waals surface area (Å²) >= 11 is 17.9. The number of hydrogen-bond acceptors (Lipinski definition) is 13. The Morgan fingerprint density at radius 1 is 0.821 bits per heavy atom. The fourth-order valence-electron chi connectivity index (χ4n) is 9.72. The van der Waals surface area contributed by atoms with Crippen molar-refractivity contribution in [2.45, 2.75) is 87.3 Å². The first kappa shape index (κ1) is 51.6. The highest BCUT2D eigenvalue weighted by Gasteiger charge is 2.41. The minimum Gasteiger partial charge on any atom is -0.497 e. The maximum atomic E-state index is 15.7. The zero-order valence-electron chi connectivity index (χ0n) is 38.3. The largest absolute Gasteiger partial charge is 0.497 e. The minimum atomic E-state index is -1.25. The van der Waals surface area contributed by atoms with Crippen LogP contribution in [0.25, 0.3) is 21.8 Å². The number of rotatable bonds is 21. The molecule has 0 bridgehead atoms. The fraction of sp³-hybridized carbons (Fsp3) is 0.520. The number of nitrogens with one attached hydrogen (secondary N) is 1. The van der Waals surface area contributed by atoms with Gasteiger partial charge in [0.25, 0.3) is 0 Å². The Morgan fingerprint density at radius 3 is 2.01 bits per heavy atom. The first-order chi connectivity index (χ1) is 32.6. The molecule has 0 spiro atoms. The van der Waals surface area contributed by atoms with Crippen molar-refractivity contribution >= 4 is 79.4 Å². The van der Waals surface area contributed by atoms with Crippen LogP contribution in [-0.4, -0.2) is 101 Å². The van der Waals surface area contributed by atoms with Crippen molar-refractivity contribution in [2.24, 2.45) is 16.7 Å². The zero-order chi connectivity index (χ0) is 47.2. The molecule has 2 aliphatic rings. The number of fused-ring (bicyclic) bond motifs is 2. The lowest BCUT2D eigenvalue weighted by atomic mass is 9.67. The van der Waals surface area contributed by atoms with Gasteiger partial charge in [0.1, 0.15) is 28.2 Å². The van der Waals surface area contributed by atoms with Crippen molar-refractivity contribution < 1.29 is 28.5 Å². The quantitative estimate of drug-likeness (QED) is 0.0471. The van der Waals surface area contributed by atoms with E-state index in [1.54, 1.807) is 60.8 Å². The van der Waals surface area contributed by atoms with Crippen LogP contribution >= 0.6 is 57.6 Å². The number of likely N-dealkylation sites (tertiary alicyclic amines) is 1. The third-order valence-electron chi connectivity index (χ3n) is 13.9. The molecular formula is C50H62Cl2F2N6O4S3. The van der Waals surface area contributed by atoms with Gasteiger partial charge in [0, 0.05) is 76.4 Å². The number of aliphatic hydroxyl groups excluding tert-OH is 2. The van der Waals surface area contributed by atoms with Gasteiger partial charge < -0.3 is 29.9 Å². The van der Waals surface area contributed by atoms with Crippen LogP contribution in [0.2, 0.25) is 10.0 Å². The third kappa shape index (κ3) is 13.3. The number of benzene rings is 2. The van der Waals surface area contributed by atoms with Crippen molar-refractivity contribution in [1.82, 2.24) is 30.2 Å². The molecule has 0 unspecified atom stereocenters. The zero-order valence-corrected chi connectivity index (χ0v) is 42.2. The van der Waals surface area contributed by atoms with E-state index in [4.69, 9.17) is 32.7 Å². The Labute approximate surface area is 415 Å². The van der Waals surface area contributed by atoms with Gasteiger partial charge in [0.2, 0.25) is 0 Å².